The van der Waals surface area contributed by atoms with E-state index in [0.717, 1.165) is 18.4 Å². The molecule has 1 saturated carbocycles. The number of rotatable bonds is 10. The van der Waals surface area contributed by atoms with Gasteiger partial charge in [-0.3, -0.25) is 19.1 Å². The maximum absolute atomic E-state index is 12.3. The normalized spacial score (nSPS) is 37.7. The predicted octanol–water partition coefficient (Wildman–Crippen LogP) is 4.38. The van der Waals surface area contributed by atoms with E-state index in [0.29, 0.717) is 25.0 Å². The highest BCUT2D eigenvalue weighted by Gasteiger charge is 2.73. The van der Waals surface area contributed by atoms with Crippen molar-refractivity contribution >= 4 is 17.9 Å². The Balaban J connectivity index is 2.30. The molecule has 0 bridgehead atoms. The van der Waals surface area contributed by atoms with Gasteiger partial charge in [0.25, 0.3) is 0 Å². The third-order valence-electron chi connectivity index (χ3n) is 8.79. The van der Waals surface area contributed by atoms with Crippen molar-refractivity contribution < 1.29 is 43.2 Å². The fraction of sp³-hybridized carbons (Fsp3) is 0.700. The first-order valence-corrected chi connectivity index (χ1v) is 13.8. The van der Waals surface area contributed by atoms with Crippen molar-refractivity contribution in [1.82, 2.24) is 0 Å². The molecule has 1 spiro atoms. The van der Waals surface area contributed by atoms with Crippen LogP contribution in [0.4, 0.5) is 0 Å². The lowest BCUT2D eigenvalue weighted by molar-refractivity contribution is -0.278. The fourth-order valence-corrected chi connectivity index (χ4v) is 6.70. The maximum atomic E-state index is 12.3. The quantitative estimate of drug-likeness (QED) is 0.139. The van der Waals surface area contributed by atoms with E-state index in [1.165, 1.54) is 20.8 Å². The summed E-state index contributed by atoms with van der Waals surface area (Å²) in [6, 6.07) is 0. The van der Waals surface area contributed by atoms with Crippen molar-refractivity contribution in [2.75, 3.05) is 6.61 Å². The van der Waals surface area contributed by atoms with Gasteiger partial charge in [-0.05, 0) is 49.5 Å². The Bertz CT molecular complexity index is 1020. The Hall–Kier alpha value is -2.49. The highest BCUT2D eigenvalue weighted by molar-refractivity contribution is 5.68. The first-order chi connectivity index (χ1) is 18.3. The molecule has 9 atom stereocenters. The Morgan fingerprint density at radius 3 is 2.33 bits per heavy atom. The number of ether oxygens (including phenoxy) is 5. The third kappa shape index (κ3) is 5.86. The van der Waals surface area contributed by atoms with Gasteiger partial charge in [0.2, 0.25) is 12.6 Å². The van der Waals surface area contributed by atoms with Crippen LogP contribution in [-0.2, 0) is 38.1 Å². The van der Waals surface area contributed by atoms with Gasteiger partial charge in [0, 0.05) is 33.0 Å². The number of carbonyl (C=O) groups excluding carboxylic acids is 3. The summed E-state index contributed by atoms with van der Waals surface area (Å²) in [6.45, 7) is 16.4. The van der Waals surface area contributed by atoms with E-state index in [9.17, 15) is 19.5 Å². The van der Waals surface area contributed by atoms with Crippen LogP contribution in [0.25, 0.3) is 0 Å². The third-order valence-corrected chi connectivity index (χ3v) is 8.79. The Morgan fingerprint density at radius 2 is 1.77 bits per heavy atom. The lowest BCUT2D eigenvalue weighted by atomic mass is 9.44. The number of allylic oxidation sites excluding steroid dienone is 3. The predicted molar refractivity (Wildman–Crippen MR) is 143 cm³/mol. The first kappa shape index (κ1) is 31.0. The molecule has 0 aromatic rings. The van der Waals surface area contributed by atoms with Crippen LogP contribution in [0.15, 0.2) is 36.0 Å². The number of aliphatic hydroxyl groups excluding tert-OH is 1. The Labute approximate surface area is 231 Å². The summed E-state index contributed by atoms with van der Waals surface area (Å²) in [5.74, 6) is -2.23. The van der Waals surface area contributed by atoms with Gasteiger partial charge in [-0.25, -0.2) is 0 Å². The molecule has 1 saturated heterocycles. The van der Waals surface area contributed by atoms with Crippen LogP contribution in [0.1, 0.15) is 74.1 Å². The second-order valence-corrected chi connectivity index (χ2v) is 11.3. The Morgan fingerprint density at radius 1 is 1.13 bits per heavy atom. The summed E-state index contributed by atoms with van der Waals surface area (Å²) in [5.41, 5.74) is -0.445. The maximum Gasteiger partial charge on any atom is 0.305 e. The molecule has 3 rings (SSSR count). The van der Waals surface area contributed by atoms with E-state index in [1.807, 2.05) is 6.92 Å². The molecule has 218 valence electrons. The van der Waals surface area contributed by atoms with E-state index < -0.39 is 65.5 Å². The lowest BCUT2D eigenvalue weighted by Crippen LogP contribution is -2.68. The number of hydrogen-bond donors (Lipinski definition) is 1. The summed E-state index contributed by atoms with van der Waals surface area (Å²) in [4.78, 5) is 36.5. The molecule has 9 nitrogen and oxygen atoms in total. The van der Waals surface area contributed by atoms with Crippen molar-refractivity contribution in [2.45, 2.75) is 105 Å². The molecule has 1 N–H and O–H groups in total. The van der Waals surface area contributed by atoms with E-state index in [2.05, 4.69) is 33.4 Å². The standard InChI is InChI=1S/C30H44O9/c1-9-11-14-35-25-18(4)29(8,13-12-17(3)10-2)24-16-22(36-19(5)31)15-23-27(37-20(6)32)39-28(38-21(7)33)30(23,24)26(25)34/h10,12,15,18,22,24-28,34H,2,9,11,13-14,16H2,1,3-8H3/b17-12+/t18-,22+,24+,25-,26+,27+,28-,29-,30-/m1/s1. The van der Waals surface area contributed by atoms with Gasteiger partial charge in [0.05, 0.1) is 17.6 Å². The molecular formula is C30H44O9. The summed E-state index contributed by atoms with van der Waals surface area (Å²) >= 11 is 0. The molecule has 9 heteroatoms. The minimum absolute atomic E-state index is 0.156. The van der Waals surface area contributed by atoms with Crippen LogP contribution in [0.2, 0.25) is 0 Å². The van der Waals surface area contributed by atoms with Gasteiger partial charge in [-0.2, -0.15) is 0 Å². The monoisotopic (exact) mass is 548 g/mol. The molecule has 1 aliphatic heterocycles. The number of unbranched alkanes of at least 4 members (excludes halogenated alkanes) is 1. The smallest absolute Gasteiger partial charge is 0.305 e. The zero-order valence-electron chi connectivity index (χ0n) is 24.2. The number of hydrogen-bond acceptors (Lipinski definition) is 9. The SMILES string of the molecule is C=C/C(C)=C/C[C@]1(C)[C@H](C)[C@@H](OCCCC)[C@H](O)[C@@]23C(=C[C@H](OC(C)=O)C[C@@H]12)[C@@H](OC(C)=O)O[C@H]3OC(C)=O. The van der Waals surface area contributed by atoms with E-state index in [4.69, 9.17) is 23.7 Å². The van der Waals surface area contributed by atoms with Crippen molar-refractivity contribution in [2.24, 2.45) is 22.7 Å². The lowest BCUT2D eigenvalue weighted by Gasteiger charge is -2.62. The molecule has 1 heterocycles. The summed E-state index contributed by atoms with van der Waals surface area (Å²) in [5, 5.41) is 12.2. The van der Waals surface area contributed by atoms with Crippen molar-refractivity contribution in [3.63, 3.8) is 0 Å². The van der Waals surface area contributed by atoms with Crippen molar-refractivity contribution in [3.8, 4) is 0 Å². The minimum Gasteiger partial charge on any atom is -0.458 e. The van der Waals surface area contributed by atoms with E-state index in [1.54, 1.807) is 12.2 Å². The number of carbonyl (C=O) groups is 3. The molecule has 0 radical (unpaired) electrons. The molecule has 0 unspecified atom stereocenters. The van der Waals surface area contributed by atoms with E-state index >= 15 is 0 Å². The van der Waals surface area contributed by atoms with Crippen LogP contribution in [0.5, 0.6) is 0 Å². The fourth-order valence-electron chi connectivity index (χ4n) is 6.70. The zero-order valence-corrected chi connectivity index (χ0v) is 24.2. The zero-order chi connectivity index (χ0) is 29.1. The molecular weight excluding hydrogens is 504 g/mol. The summed E-state index contributed by atoms with van der Waals surface area (Å²) in [7, 11) is 0. The first-order valence-electron chi connectivity index (χ1n) is 13.8. The molecule has 0 aromatic heterocycles. The molecule has 2 aliphatic carbocycles. The summed E-state index contributed by atoms with van der Waals surface area (Å²) < 4.78 is 29.5. The highest BCUT2D eigenvalue weighted by atomic mass is 16.8. The molecule has 2 fully saturated rings. The average molecular weight is 549 g/mol. The van der Waals surface area contributed by atoms with Gasteiger partial charge >= 0.3 is 17.9 Å². The second kappa shape index (κ2) is 12.4. The molecule has 0 aromatic carbocycles. The van der Waals surface area contributed by atoms with Gasteiger partial charge in [-0.1, -0.05) is 51.5 Å². The molecule has 3 aliphatic rings. The topological polar surface area (TPSA) is 118 Å². The van der Waals surface area contributed by atoms with Crippen LogP contribution in [-0.4, -0.2) is 60.5 Å². The van der Waals surface area contributed by atoms with Gasteiger partial charge in [0.1, 0.15) is 6.10 Å². The van der Waals surface area contributed by atoms with Gasteiger partial charge < -0.3 is 24.1 Å². The largest absolute Gasteiger partial charge is 0.458 e. The second-order valence-electron chi connectivity index (χ2n) is 11.3. The van der Waals surface area contributed by atoms with Crippen molar-refractivity contribution in [1.29, 1.82) is 0 Å². The Kier molecular flexibility index (Phi) is 9.83. The van der Waals surface area contributed by atoms with Crippen LogP contribution in [0.3, 0.4) is 0 Å². The number of esters is 3. The van der Waals surface area contributed by atoms with Gasteiger partial charge in [0.15, 0.2) is 0 Å². The summed E-state index contributed by atoms with van der Waals surface area (Å²) in [6.07, 6.45) is 3.28. The van der Waals surface area contributed by atoms with Crippen molar-refractivity contribution in [3.05, 3.63) is 36.0 Å². The highest BCUT2D eigenvalue weighted by Crippen LogP contribution is 2.67. The number of aliphatic hydroxyl groups is 1. The van der Waals surface area contributed by atoms with E-state index in [-0.39, 0.29) is 5.92 Å². The minimum atomic E-state index is -1.31. The van der Waals surface area contributed by atoms with Crippen LogP contribution < -0.4 is 0 Å². The molecule has 0 amide bonds. The van der Waals surface area contributed by atoms with Crippen LogP contribution >= 0.6 is 0 Å². The van der Waals surface area contributed by atoms with Crippen LogP contribution in [0, 0.1) is 22.7 Å². The molecule has 39 heavy (non-hydrogen) atoms. The van der Waals surface area contributed by atoms with Gasteiger partial charge in [-0.15, -0.1) is 0 Å². The average Bonchev–Trinajstić information content (AvgIpc) is 3.14.